The molecular weight excluding hydrogens is 304 g/mol. The fourth-order valence-corrected chi connectivity index (χ4v) is 2.10. The highest BCUT2D eigenvalue weighted by molar-refractivity contribution is 5.82. The van der Waals surface area contributed by atoms with E-state index in [4.69, 9.17) is 5.11 Å². The van der Waals surface area contributed by atoms with Crippen molar-refractivity contribution >= 4 is 12.0 Å². The number of aliphatic hydroxyl groups is 2. The van der Waals surface area contributed by atoms with Crippen LogP contribution in [0, 0.1) is 0 Å². The van der Waals surface area contributed by atoms with Crippen molar-refractivity contribution in [2.75, 3.05) is 27.2 Å². The molecule has 1 aromatic carbocycles. The molecule has 2 unspecified atom stereocenters. The second-order valence-electron chi connectivity index (χ2n) is 5.34. The van der Waals surface area contributed by atoms with Gasteiger partial charge >= 0.3 is 12.0 Å². The van der Waals surface area contributed by atoms with Crippen LogP contribution < -0.4 is 0 Å². The first-order valence-electron chi connectivity index (χ1n) is 7.03. The Kier molecular flexibility index (Phi) is 6.80. The average molecular weight is 326 g/mol. The summed E-state index contributed by atoms with van der Waals surface area (Å²) in [5, 5.41) is 36.8. The van der Waals surface area contributed by atoms with Crippen molar-refractivity contribution in [2.45, 2.75) is 18.6 Å². The standard InChI is InChI=1S/C15H22N2O6/c1-16(8-12(20)9-18)15(23)17(2)13(14(21)22)7-10-3-5-11(19)6-4-10/h3-6,12-13,18-20H,7-9H2,1-2H3,(H,21,22). The maximum atomic E-state index is 12.2. The zero-order valence-corrected chi connectivity index (χ0v) is 13.1. The van der Waals surface area contributed by atoms with E-state index in [1.165, 1.54) is 26.2 Å². The predicted molar refractivity (Wildman–Crippen MR) is 82.1 cm³/mol. The molecule has 0 saturated carbocycles. The summed E-state index contributed by atoms with van der Waals surface area (Å²) in [6.07, 6.45) is -1.01. The number of hydrogen-bond donors (Lipinski definition) is 4. The average Bonchev–Trinajstić information content (AvgIpc) is 2.52. The molecule has 23 heavy (non-hydrogen) atoms. The van der Waals surface area contributed by atoms with E-state index in [9.17, 15) is 24.9 Å². The van der Waals surface area contributed by atoms with E-state index in [0.29, 0.717) is 5.56 Å². The van der Waals surface area contributed by atoms with Crippen LogP contribution in [0.2, 0.25) is 0 Å². The second-order valence-corrected chi connectivity index (χ2v) is 5.34. The van der Waals surface area contributed by atoms with Crippen LogP contribution in [0.4, 0.5) is 4.79 Å². The number of hydrogen-bond acceptors (Lipinski definition) is 5. The highest BCUT2D eigenvalue weighted by Gasteiger charge is 2.29. The summed E-state index contributed by atoms with van der Waals surface area (Å²) < 4.78 is 0. The van der Waals surface area contributed by atoms with Gasteiger partial charge in [0.1, 0.15) is 11.8 Å². The first-order chi connectivity index (χ1) is 10.8. The van der Waals surface area contributed by atoms with Crippen LogP contribution in [0.3, 0.4) is 0 Å². The Morgan fingerprint density at radius 3 is 2.22 bits per heavy atom. The molecule has 0 aliphatic rings. The Balaban J connectivity index is 2.81. The maximum absolute atomic E-state index is 12.2. The van der Waals surface area contributed by atoms with Crippen LogP contribution in [0.15, 0.2) is 24.3 Å². The Hall–Kier alpha value is -2.32. The van der Waals surface area contributed by atoms with Crippen LogP contribution >= 0.6 is 0 Å². The number of carbonyl (C=O) groups excluding carboxylic acids is 1. The van der Waals surface area contributed by atoms with Crippen LogP contribution in [-0.2, 0) is 11.2 Å². The molecule has 0 bridgehead atoms. The molecule has 1 aromatic rings. The molecule has 0 aromatic heterocycles. The summed E-state index contributed by atoms with van der Waals surface area (Å²) in [6.45, 7) is -0.595. The minimum absolute atomic E-state index is 0.0720. The van der Waals surface area contributed by atoms with Crippen molar-refractivity contribution in [2.24, 2.45) is 0 Å². The minimum Gasteiger partial charge on any atom is -0.508 e. The maximum Gasteiger partial charge on any atom is 0.326 e. The van der Waals surface area contributed by atoms with E-state index in [1.54, 1.807) is 12.1 Å². The predicted octanol–water partition coefficient (Wildman–Crippen LogP) is -0.275. The molecule has 1 rings (SSSR count). The van der Waals surface area contributed by atoms with Gasteiger partial charge in [-0.3, -0.25) is 0 Å². The quantitative estimate of drug-likeness (QED) is 0.547. The Labute approximate surface area is 134 Å². The number of aromatic hydroxyl groups is 1. The van der Waals surface area contributed by atoms with Crippen LogP contribution in [0.25, 0.3) is 0 Å². The highest BCUT2D eigenvalue weighted by atomic mass is 16.4. The van der Waals surface area contributed by atoms with Gasteiger partial charge in [0.15, 0.2) is 0 Å². The number of benzene rings is 1. The van der Waals surface area contributed by atoms with Gasteiger partial charge in [0.2, 0.25) is 0 Å². The van der Waals surface area contributed by atoms with Gasteiger partial charge in [0.05, 0.1) is 19.3 Å². The third kappa shape index (κ3) is 5.42. The van der Waals surface area contributed by atoms with Gasteiger partial charge in [-0.15, -0.1) is 0 Å². The Morgan fingerprint density at radius 2 is 1.74 bits per heavy atom. The number of aliphatic carboxylic acids is 1. The highest BCUT2D eigenvalue weighted by Crippen LogP contribution is 2.14. The zero-order chi connectivity index (χ0) is 17.6. The van der Waals surface area contributed by atoms with E-state index in [2.05, 4.69) is 0 Å². The number of nitrogens with zero attached hydrogens (tertiary/aromatic N) is 2. The number of phenols is 1. The number of urea groups is 1. The van der Waals surface area contributed by atoms with Crippen molar-refractivity contribution in [3.63, 3.8) is 0 Å². The number of amides is 2. The lowest BCUT2D eigenvalue weighted by molar-refractivity contribution is -0.141. The number of phenolic OH excluding ortho intramolecular Hbond substituents is 1. The molecule has 0 radical (unpaired) electrons. The van der Waals surface area contributed by atoms with Crippen molar-refractivity contribution < 1.29 is 30.0 Å². The molecular formula is C15H22N2O6. The molecule has 0 fully saturated rings. The molecule has 0 spiro atoms. The van der Waals surface area contributed by atoms with Crippen molar-refractivity contribution in [3.05, 3.63) is 29.8 Å². The van der Waals surface area contributed by atoms with E-state index >= 15 is 0 Å². The smallest absolute Gasteiger partial charge is 0.326 e. The summed E-state index contributed by atoms with van der Waals surface area (Å²) in [6, 6.07) is 4.38. The molecule has 2 atom stereocenters. The SMILES string of the molecule is CN(CC(O)CO)C(=O)N(C)C(Cc1ccc(O)cc1)C(=O)O. The van der Waals surface area contributed by atoms with Gasteiger partial charge in [0, 0.05) is 20.5 Å². The second kappa shape index (κ2) is 8.35. The summed E-state index contributed by atoms with van der Waals surface area (Å²) in [4.78, 5) is 25.9. The summed E-state index contributed by atoms with van der Waals surface area (Å²) in [7, 11) is 2.78. The molecule has 2 amide bonds. The number of carboxylic acid groups (broad SMARTS) is 1. The number of aliphatic hydroxyl groups excluding tert-OH is 2. The lowest BCUT2D eigenvalue weighted by atomic mass is 10.0. The van der Waals surface area contributed by atoms with Gasteiger partial charge < -0.3 is 30.2 Å². The largest absolute Gasteiger partial charge is 0.508 e. The minimum atomic E-state index is -1.16. The summed E-state index contributed by atoms with van der Waals surface area (Å²) in [5.41, 5.74) is 0.660. The van der Waals surface area contributed by atoms with Crippen molar-refractivity contribution in [1.82, 2.24) is 9.80 Å². The normalized spacial score (nSPS) is 13.2. The van der Waals surface area contributed by atoms with Gasteiger partial charge in [-0.05, 0) is 17.7 Å². The third-order valence-electron chi connectivity index (χ3n) is 3.44. The van der Waals surface area contributed by atoms with E-state index in [0.717, 1.165) is 9.80 Å². The van der Waals surface area contributed by atoms with Gasteiger partial charge in [-0.1, -0.05) is 12.1 Å². The monoisotopic (exact) mass is 326 g/mol. The fourth-order valence-electron chi connectivity index (χ4n) is 2.10. The zero-order valence-electron chi connectivity index (χ0n) is 13.1. The van der Waals surface area contributed by atoms with Crippen LogP contribution in [0.5, 0.6) is 5.75 Å². The summed E-state index contributed by atoms with van der Waals surface area (Å²) in [5.74, 6) is -1.09. The summed E-state index contributed by atoms with van der Waals surface area (Å²) >= 11 is 0. The Bertz CT molecular complexity index is 533. The van der Waals surface area contributed by atoms with Gasteiger partial charge in [0.25, 0.3) is 0 Å². The molecule has 128 valence electrons. The van der Waals surface area contributed by atoms with Crippen molar-refractivity contribution in [1.29, 1.82) is 0 Å². The molecule has 8 heteroatoms. The number of carboxylic acids is 1. The molecule has 0 aliphatic carbocycles. The number of rotatable bonds is 7. The van der Waals surface area contributed by atoms with E-state index in [-0.39, 0.29) is 18.7 Å². The number of likely N-dealkylation sites (N-methyl/N-ethyl adjacent to an activating group) is 2. The van der Waals surface area contributed by atoms with Gasteiger partial charge in [-0.25, -0.2) is 9.59 Å². The lowest BCUT2D eigenvalue weighted by Crippen LogP contribution is -2.50. The first kappa shape index (κ1) is 18.7. The molecule has 8 nitrogen and oxygen atoms in total. The molecule has 4 N–H and O–H groups in total. The number of carbonyl (C=O) groups is 2. The van der Waals surface area contributed by atoms with E-state index in [1.807, 2.05) is 0 Å². The Morgan fingerprint density at radius 1 is 1.17 bits per heavy atom. The fraction of sp³-hybridized carbons (Fsp3) is 0.467. The molecule has 0 saturated heterocycles. The van der Waals surface area contributed by atoms with Crippen LogP contribution in [0.1, 0.15) is 5.56 Å². The third-order valence-corrected chi connectivity index (χ3v) is 3.44. The van der Waals surface area contributed by atoms with E-state index < -0.39 is 30.8 Å². The lowest BCUT2D eigenvalue weighted by Gasteiger charge is -2.30. The first-order valence-corrected chi connectivity index (χ1v) is 7.03. The molecule has 0 aliphatic heterocycles. The van der Waals surface area contributed by atoms with Crippen molar-refractivity contribution in [3.8, 4) is 5.75 Å². The molecule has 0 heterocycles. The van der Waals surface area contributed by atoms with Crippen LogP contribution in [-0.4, -0.2) is 81.6 Å². The van der Waals surface area contributed by atoms with Gasteiger partial charge in [-0.2, -0.15) is 0 Å². The topological polar surface area (TPSA) is 122 Å².